The fraction of sp³-hybridized carbons (Fsp3) is 0.353. The third kappa shape index (κ3) is 5.02. The molecule has 0 atom stereocenters. The van der Waals surface area contributed by atoms with Crippen LogP contribution in [0.4, 0.5) is 0 Å². The lowest BCUT2D eigenvalue weighted by atomic mass is 10.1. The quantitative estimate of drug-likeness (QED) is 0.902. The number of ether oxygens (including phenoxy) is 1. The van der Waals surface area contributed by atoms with Crippen LogP contribution in [0.2, 0.25) is 0 Å². The van der Waals surface area contributed by atoms with E-state index >= 15 is 0 Å². The minimum atomic E-state index is 0.114. The Kier molecular flexibility index (Phi) is 4.74. The van der Waals surface area contributed by atoms with Crippen LogP contribution in [0.25, 0.3) is 0 Å². The third-order valence-electron chi connectivity index (χ3n) is 2.85. The minimum absolute atomic E-state index is 0.114. The highest BCUT2D eigenvalue weighted by Gasteiger charge is 2.08. The van der Waals surface area contributed by atoms with Crippen molar-refractivity contribution in [2.75, 3.05) is 0 Å². The zero-order valence-corrected chi connectivity index (χ0v) is 12.4. The van der Waals surface area contributed by atoms with Gasteiger partial charge >= 0.3 is 0 Å². The summed E-state index contributed by atoms with van der Waals surface area (Å²) in [4.78, 5) is 4.33. The predicted octanol–water partition coefficient (Wildman–Crippen LogP) is 3.55. The van der Waals surface area contributed by atoms with Gasteiger partial charge in [0, 0.05) is 24.3 Å². The smallest absolute Gasteiger partial charge is 0.213 e. The molecule has 0 saturated carbocycles. The highest BCUT2D eigenvalue weighted by atomic mass is 16.5. The monoisotopic (exact) mass is 270 g/mol. The number of hydrogen-bond donors (Lipinski definition) is 1. The molecule has 0 spiro atoms. The van der Waals surface area contributed by atoms with Crippen molar-refractivity contribution in [3.8, 4) is 5.88 Å². The van der Waals surface area contributed by atoms with Gasteiger partial charge in [-0.25, -0.2) is 4.98 Å². The van der Waals surface area contributed by atoms with Crippen molar-refractivity contribution in [3.05, 3.63) is 59.8 Å². The molecule has 3 nitrogen and oxygen atoms in total. The normalized spacial score (nSPS) is 11.3. The van der Waals surface area contributed by atoms with Gasteiger partial charge in [-0.1, -0.05) is 36.4 Å². The predicted molar refractivity (Wildman–Crippen MR) is 81.6 cm³/mol. The molecule has 0 aliphatic heterocycles. The van der Waals surface area contributed by atoms with Crippen LogP contribution in [-0.4, -0.2) is 10.5 Å². The lowest BCUT2D eigenvalue weighted by molar-refractivity contribution is 0.293. The topological polar surface area (TPSA) is 34.1 Å². The molecule has 1 aromatic heterocycles. The van der Waals surface area contributed by atoms with Crippen LogP contribution in [0.1, 0.15) is 31.9 Å². The molecule has 1 heterocycles. The maximum Gasteiger partial charge on any atom is 0.213 e. The Morgan fingerprint density at radius 1 is 1.00 bits per heavy atom. The SMILES string of the molecule is CC(C)(C)NCc1ccc(OCc2ccccc2)nc1. The van der Waals surface area contributed by atoms with Crippen molar-refractivity contribution >= 4 is 0 Å². The van der Waals surface area contributed by atoms with Gasteiger partial charge in [0.15, 0.2) is 0 Å². The highest BCUT2D eigenvalue weighted by Crippen LogP contribution is 2.11. The van der Waals surface area contributed by atoms with Crippen LogP contribution in [0.15, 0.2) is 48.7 Å². The van der Waals surface area contributed by atoms with E-state index in [1.54, 1.807) is 0 Å². The molecule has 1 N–H and O–H groups in total. The molecule has 0 aliphatic carbocycles. The number of hydrogen-bond acceptors (Lipinski definition) is 3. The van der Waals surface area contributed by atoms with Gasteiger partial charge in [-0.3, -0.25) is 0 Å². The molecule has 0 bridgehead atoms. The maximum atomic E-state index is 5.66. The zero-order valence-electron chi connectivity index (χ0n) is 12.4. The molecular weight excluding hydrogens is 248 g/mol. The number of benzene rings is 1. The Balaban J connectivity index is 1.85. The molecule has 2 aromatic rings. The van der Waals surface area contributed by atoms with Crippen molar-refractivity contribution in [1.82, 2.24) is 10.3 Å². The molecule has 20 heavy (non-hydrogen) atoms. The van der Waals surface area contributed by atoms with E-state index in [1.807, 2.05) is 48.7 Å². The fourth-order valence-electron chi connectivity index (χ4n) is 1.70. The fourth-order valence-corrected chi connectivity index (χ4v) is 1.70. The highest BCUT2D eigenvalue weighted by molar-refractivity contribution is 5.19. The summed E-state index contributed by atoms with van der Waals surface area (Å²) in [5.41, 5.74) is 2.42. The van der Waals surface area contributed by atoms with Crippen molar-refractivity contribution in [3.63, 3.8) is 0 Å². The van der Waals surface area contributed by atoms with E-state index in [1.165, 1.54) is 0 Å². The van der Waals surface area contributed by atoms with Gasteiger partial charge in [-0.15, -0.1) is 0 Å². The van der Waals surface area contributed by atoms with E-state index in [0.717, 1.165) is 17.7 Å². The van der Waals surface area contributed by atoms with Gasteiger partial charge < -0.3 is 10.1 Å². The number of nitrogens with zero attached hydrogens (tertiary/aromatic N) is 1. The Morgan fingerprint density at radius 2 is 1.75 bits per heavy atom. The van der Waals surface area contributed by atoms with Gasteiger partial charge in [0.1, 0.15) is 6.61 Å². The molecule has 0 radical (unpaired) electrons. The molecule has 0 amide bonds. The second-order valence-electron chi connectivity index (χ2n) is 5.88. The molecule has 0 fully saturated rings. The molecule has 0 saturated heterocycles. The summed E-state index contributed by atoms with van der Waals surface area (Å²) < 4.78 is 5.66. The van der Waals surface area contributed by atoms with Gasteiger partial charge in [0.2, 0.25) is 5.88 Å². The van der Waals surface area contributed by atoms with E-state index in [2.05, 4.69) is 31.1 Å². The molecular formula is C17H22N2O. The van der Waals surface area contributed by atoms with E-state index in [-0.39, 0.29) is 5.54 Å². The molecule has 106 valence electrons. The van der Waals surface area contributed by atoms with E-state index in [4.69, 9.17) is 4.74 Å². The summed E-state index contributed by atoms with van der Waals surface area (Å²) in [7, 11) is 0. The lowest BCUT2D eigenvalue weighted by Gasteiger charge is -2.20. The second-order valence-corrected chi connectivity index (χ2v) is 5.88. The Bertz CT molecular complexity index is 515. The van der Waals surface area contributed by atoms with E-state index in [0.29, 0.717) is 12.5 Å². The summed E-state index contributed by atoms with van der Waals surface area (Å²) in [6.07, 6.45) is 1.86. The van der Waals surface area contributed by atoms with Crippen LogP contribution < -0.4 is 10.1 Å². The average Bonchev–Trinajstić information content (AvgIpc) is 2.44. The van der Waals surface area contributed by atoms with Crippen LogP contribution >= 0.6 is 0 Å². The largest absolute Gasteiger partial charge is 0.473 e. The van der Waals surface area contributed by atoms with Gasteiger partial charge in [0.05, 0.1) is 0 Å². The van der Waals surface area contributed by atoms with Crippen molar-refractivity contribution in [1.29, 1.82) is 0 Å². The lowest BCUT2D eigenvalue weighted by Crippen LogP contribution is -2.35. The number of aromatic nitrogens is 1. The summed E-state index contributed by atoms with van der Waals surface area (Å²) in [5.74, 6) is 0.661. The number of pyridine rings is 1. The van der Waals surface area contributed by atoms with Crippen LogP contribution in [0.3, 0.4) is 0 Å². The first-order valence-corrected chi connectivity index (χ1v) is 6.90. The summed E-state index contributed by atoms with van der Waals surface area (Å²) in [5, 5.41) is 3.43. The van der Waals surface area contributed by atoms with Gasteiger partial charge in [-0.2, -0.15) is 0 Å². The average molecular weight is 270 g/mol. The Hall–Kier alpha value is -1.87. The number of rotatable bonds is 5. The first kappa shape index (κ1) is 14.5. The van der Waals surface area contributed by atoms with Gasteiger partial charge in [-0.05, 0) is 31.9 Å². The standard InChI is InChI=1S/C17H22N2O/c1-17(2,3)19-12-15-9-10-16(18-11-15)20-13-14-7-5-4-6-8-14/h4-11,19H,12-13H2,1-3H3. The molecule has 3 heteroatoms. The third-order valence-corrected chi connectivity index (χ3v) is 2.85. The summed E-state index contributed by atoms with van der Waals surface area (Å²) in [6, 6.07) is 14.1. The van der Waals surface area contributed by atoms with Crippen molar-refractivity contribution in [2.24, 2.45) is 0 Å². The molecule has 2 rings (SSSR count). The molecule has 0 unspecified atom stereocenters. The minimum Gasteiger partial charge on any atom is -0.473 e. The van der Waals surface area contributed by atoms with Crippen LogP contribution in [-0.2, 0) is 13.2 Å². The first-order chi connectivity index (χ1) is 9.53. The maximum absolute atomic E-state index is 5.66. The van der Waals surface area contributed by atoms with E-state index < -0.39 is 0 Å². The van der Waals surface area contributed by atoms with Crippen LogP contribution in [0, 0.1) is 0 Å². The summed E-state index contributed by atoms with van der Waals surface area (Å²) >= 11 is 0. The van der Waals surface area contributed by atoms with Crippen LogP contribution in [0.5, 0.6) is 5.88 Å². The first-order valence-electron chi connectivity index (χ1n) is 6.90. The van der Waals surface area contributed by atoms with Crippen molar-refractivity contribution < 1.29 is 4.74 Å². The van der Waals surface area contributed by atoms with Gasteiger partial charge in [0.25, 0.3) is 0 Å². The second kappa shape index (κ2) is 6.53. The van der Waals surface area contributed by atoms with Crippen molar-refractivity contribution in [2.45, 2.75) is 39.5 Å². The molecule has 1 aromatic carbocycles. The Morgan fingerprint density at radius 3 is 2.35 bits per heavy atom. The molecule has 0 aliphatic rings. The Labute approximate surface area is 121 Å². The zero-order chi connectivity index (χ0) is 14.4. The summed E-state index contributed by atoms with van der Waals surface area (Å²) in [6.45, 7) is 7.82. The van der Waals surface area contributed by atoms with E-state index in [9.17, 15) is 0 Å². The number of nitrogens with one attached hydrogen (secondary N) is 1.